The van der Waals surface area contributed by atoms with Crippen LogP contribution in [0.25, 0.3) is 0 Å². The third kappa shape index (κ3) is 16.1. The van der Waals surface area contributed by atoms with Gasteiger partial charge in [-0.05, 0) is 24.8 Å². The molecule has 0 aliphatic carbocycles. The molecule has 0 amide bonds. The molecular weight excluding hydrogens is 245 g/mol. The van der Waals surface area contributed by atoms with Crippen LogP contribution in [0.15, 0.2) is 29.3 Å². The van der Waals surface area contributed by atoms with E-state index in [9.17, 15) is 9.90 Å². The molecule has 0 saturated heterocycles. The van der Waals surface area contributed by atoms with E-state index in [0.717, 1.165) is 25.0 Å². The van der Waals surface area contributed by atoms with Crippen molar-refractivity contribution in [3.05, 3.63) is 24.3 Å². The summed E-state index contributed by atoms with van der Waals surface area (Å²) in [5, 5.41) is 19.2. The molecule has 0 spiro atoms. The van der Waals surface area contributed by atoms with Crippen molar-refractivity contribution in [3.63, 3.8) is 0 Å². The zero-order valence-electron chi connectivity index (χ0n) is 10.6. The summed E-state index contributed by atoms with van der Waals surface area (Å²) in [6.07, 6.45) is 10.1. The number of carboxylic acids is 1. The molecule has 0 atom stereocenters. The number of allylic oxidation sites excluding steroid dienone is 1. The molecule has 0 heterocycles. The number of carboxylic acid groups (broad SMARTS) is 1. The van der Waals surface area contributed by atoms with Crippen molar-refractivity contribution in [2.75, 3.05) is 6.54 Å². The maximum absolute atomic E-state index is 10.9. The summed E-state index contributed by atoms with van der Waals surface area (Å²) in [5.74, 6) is -1.65. The SMILES string of the molecule is CCCCC/C=C/CN=C([O-])/C=C/C(=O)O.[K+]. The minimum absolute atomic E-state index is 0. The van der Waals surface area contributed by atoms with E-state index in [-0.39, 0.29) is 51.4 Å². The Hall–Kier alpha value is 0.0564. The van der Waals surface area contributed by atoms with E-state index in [4.69, 9.17) is 5.11 Å². The summed E-state index contributed by atoms with van der Waals surface area (Å²) in [7, 11) is 0. The third-order valence-corrected chi connectivity index (χ3v) is 1.86. The summed E-state index contributed by atoms with van der Waals surface area (Å²) in [6, 6.07) is 0. The maximum atomic E-state index is 10.9. The van der Waals surface area contributed by atoms with Gasteiger partial charge in [0, 0.05) is 6.08 Å². The van der Waals surface area contributed by atoms with Crippen LogP contribution in [-0.4, -0.2) is 23.5 Å². The maximum Gasteiger partial charge on any atom is 1.00 e. The summed E-state index contributed by atoms with van der Waals surface area (Å²) >= 11 is 0. The molecule has 0 aliphatic heterocycles. The van der Waals surface area contributed by atoms with Gasteiger partial charge in [0.05, 0.1) is 6.54 Å². The van der Waals surface area contributed by atoms with Gasteiger partial charge in [0.1, 0.15) is 0 Å². The molecular formula is C12H18KNO3. The molecule has 0 radical (unpaired) electrons. The van der Waals surface area contributed by atoms with E-state index in [2.05, 4.69) is 11.9 Å². The standard InChI is InChI=1S/C12H19NO3.K/c1-2-3-4-5-6-7-10-13-11(14)8-9-12(15)16;/h6-9H,2-5,10H2,1H3,(H,13,14)(H,15,16);/q;+1/p-1/b7-6+,9-8+;. The number of rotatable bonds is 8. The van der Waals surface area contributed by atoms with Crippen LogP contribution in [0.5, 0.6) is 0 Å². The molecule has 0 fully saturated rings. The molecule has 4 nitrogen and oxygen atoms in total. The Morgan fingerprint density at radius 3 is 2.59 bits per heavy atom. The van der Waals surface area contributed by atoms with Crippen LogP contribution in [0, 0.1) is 0 Å². The Labute approximate surface area is 145 Å². The molecule has 0 bridgehead atoms. The van der Waals surface area contributed by atoms with Crippen molar-refractivity contribution in [3.8, 4) is 0 Å². The van der Waals surface area contributed by atoms with Crippen molar-refractivity contribution in [1.29, 1.82) is 0 Å². The van der Waals surface area contributed by atoms with Gasteiger partial charge in [0.25, 0.3) is 0 Å². The van der Waals surface area contributed by atoms with Gasteiger partial charge >= 0.3 is 57.4 Å². The fourth-order valence-corrected chi connectivity index (χ4v) is 1.04. The number of unbranched alkanes of at least 4 members (excludes halogenated alkanes) is 3. The molecule has 0 aromatic rings. The van der Waals surface area contributed by atoms with Crippen LogP contribution in [0.2, 0.25) is 0 Å². The first-order chi connectivity index (χ1) is 7.66. The van der Waals surface area contributed by atoms with Crippen LogP contribution in [0.1, 0.15) is 32.6 Å². The quantitative estimate of drug-likeness (QED) is 0.145. The Morgan fingerprint density at radius 1 is 1.29 bits per heavy atom. The van der Waals surface area contributed by atoms with Crippen molar-refractivity contribution in [2.24, 2.45) is 4.99 Å². The Balaban J connectivity index is 0. The molecule has 0 aliphatic rings. The molecule has 0 unspecified atom stereocenters. The molecule has 0 aromatic carbocycles. The molecule has 0 rings (SSSR count). The van der Waals surface area contributed by atoms with Gasteiger partial charge in [0.2, 0.25) is 0 Å². The van der Waals surface area contributed by atoms with E-state index in [0.29, 0.717) is 6.54 Å². The van der Waals surface area contributed by atoms with E-state index < -0.39 is 11.9 Å². The fraction of sp³-hybridized carbons (Fsp3) is 0.500. The normalized spacial score (nSPS) is 11.9. The molecule has 0 saturated carbocycles. The van der Waals surface area contributed by atoms with Gasteiger partial charge in [-0.15, -0.1) is 0 Å². The number of carbonyl (C=O) groups is 1. The zero-order valence-corrected chi connectivity index (χ0v) is 13.7. The topological polar surface area (TPSA) is 72.7 Å². The smallest absolute Gasteiger partial charge is 0.859 e. The second-order valence-corrected chi connectivity index (χ2v) is 3.32. The van der Waals surface area contributed by atoms with Gasteiger partial charge in [-0.3, -0.25) is 4.99 Å². The predicted molar refractivity (Wildman–Crippen MR) is 62.4 cm³/mol. The second-order valence-electron chi connectivity index (χ2n) is 3.32. The summed E-state index contributed by atoms with van der Waals surface area (Å²) < 4.78 is 0. The van der Waals surface area contributed by atoms with Crippen LogP contribution in [0.3, 0.4) is 0 Å². The van der Waals surface area contributed by atoms with Crippen LogP contribution in [-0.2, 0) is 4.79 Å². The van der Waals surface area contributed by atoms with Gasteiger partial charge < -0.3 is 10.2 Å². The van der Waals surface area contributed by atoms with Crippen molar-refractivity contribution in [1.82, 2.24) is 0 Å². The number of hydrogen-bond donors (Lipinski definition) is 1. The summed E-state index contributed by atoms with van der Waals surface area (Å²) in [6.45, 7) is 2.46. The van der Waals surface area contributed by atoms with Crippen molar-refractivity contribution < 1.29 is 66.4 Å². The molecule has 0 aromatic heterocycles. The third-order valence-electron chi connectivity index (χ3n) is 1.86. The number of nitrogens with zero attached hydrogens (tertiary/aromatic N) is 1. The largest absolute Gasteiger partial charge is 1.00 e. The molecule has 90 valence electrons. The van der Waals surface area contributed by atoms with Crippen LogP contribution >= 0.6 is 0 Å². The average Bonchev–Trinajstić information content (AvgIpc) is 2.25. The molecule has 1 N–H and O–H groups in total. The minimum atomic E-state index is -1.14. The van der Waals surface area contributed by atoms with Gasteiger partial charge in [-0.25, -0.2) is 4.79 Å². The van der Waals surface area contributed by atoms with Crippen molar-refractivity contribution >= 4 is 11.9 Å². The van der Waals surface area contributed by atoms with E-state index in [1.807, 2.05) is 12.2 Å². The Bertz CT molecular complexity index is 285. The summed E-state index contributed by atoms with van der Waals surface area (Å²) in [4.78, 5) is 13.7. The fourth-order valence-electron chi connectivity index (χ4n) is 1.04. The number of aliphatic imine (C=N–C) groups is 1. The first kappa shape index (κ1) is 19.4. The van der Waals surface area contributed by atoms with E-state index in [1.54, 1.807) is 0 Å². The van der Waals surface area contributed by atoms with E-state index in [1.165, 1.54) is 12.8 Å². The Morgan fingerprint density at radius 2 is 2.00 bits per heavy atom. The molecule has 17 heavy (non-hydrogen) atoms. The van der Waals surface area contributed by atoms with Gasteiger partial charge in [-0.1, -0.05) is 31.9 Å². The zero-order chi connectivity index (χ0) is 12.2. The monoisotopic (exact) mass is 263 g/mol. The predicted octanol–water partition coefficient (Wildman–Crippen LogP) is -1.47. The van der Waals surface area contributed by atoms with Gasteiger partial charge in [0.15, 0.2) is 0 Å². The van der Waals surface area contributed by atoms with Crippen LogP contribution in [0.4, 0.5) is 0 Å². The number of aliphatic carboxylic acids is 1. The van der Waals surface area contributed by atoms with Crippen LogP contribution < -0.4 is 56.5 Å². The number of hydrogen-bond acceptors (Lipinski definition) is 3. The molecule has 5 heteroatoms. The van der Waals surface area contributed by atoms with Crippen molar-refractivity contribution in [2.45, 2.75) is 32.6 Å². The first-order valence-electron chi connectivity index (χ1n) is 5.44. The Kier molecular flexibility index (Phi) is 16.1. The minimum Gasteiger partial charge on any atom is -0.859 e. The van der Waals surface area contributed by atoms with E-state index >= 15 is 0 Å². The second kappa shape index (κ2) is 14.1. The average molecular weight is 263 g/mol. The summed E-state index contributed by atoms with van der Waals surface area (Å²) in [5.41, 5.74) is 0. The first-order valence-corrected chi connectivity index (χ1v) is 5.44. The van der Waals surface area contributed by atoms with Gasteiger partial charge in [-0.2, -0.15) is 0 Å².